The number of hydrogen-bond donors (Lipinski definition) is 1. The Hall–Kier alpha value is -2.18. The molecule has 0 aliphatic carbocycles. The quantitative estimate of drug-likeness (QED) is 0.901. The van der Waals surface area contributed by atoms with Crippen LogP contribution in [0.3, 0.4) is 0 Å². The highest BCUT2D eigenvalue weighted by Crippen LogP contribution is 2.18. The second kappa shape index (κ2) is 6.93. The molecule has 2 rings (SSSR count). The van der Waals surface area contributed by atoms with Gasteiger partial charge in [-0.05, 0) is 0 Å². The second-order valence-electron chi connectivity index (χ2n) is 6.70. The standard InChI is InChI=1S/C16H25N5O2/c1-5-13-17-10-12(11-18-13)19-15(23)21-8-6-20(7-9-21)14(22)16(2,3)4/h10-11H,5-9H2,1-4H3,(H,19,23). The van der Waals surface area contributed by atoms with E-state index in [0.29, 0.717) is 31.9 Å². The van der Waals surface area contributed by atoms with Crippen molar-refractivity contribution in [1.82, 2.24) is 19.8 Å². The van der Waals surface area contributed by atoms with E-state index in [1.165, 1.54) is 0 Å². The third kappa shape index (κ3) is 4.40. The van der Waals surface area contributed by atoms with Gasteiger partial charge in [-0.3, -0.25) is 4.79 Å². The first kappa shape index (κ1) is 17.2. The molecule has 1 aliphatic heterocycles. The molecule has 0 radical (unpaired) electrons. The Morgan fingerprint density at radius 2 is 1.61 bits per heavy atom. The summed E-state index contributed by atoms with van der Waals surface area (Å²) in [5.41, 5.74) is 0.198. The third-order valence-corrected chi connectivity index (χ3v) is 3.77. The average molecular weight is 319 g/mol. The van der Waals surface area contributed by atoms with Crippen molar-refractivity contribution in [2.75, 3.05) is 31.5 Å². The highest BCUT2D eigenvalue weighted by atomic mass is 16.2. The lowest BCUT2D eigenvalue weighted by Gasteiger charge is -2.37. The summed E-state index contributed by atoms with van der Waals surface area (Å²) in [6.07, 6.45) is 3.99. The summed E-state index contributed by atoms with van der Waals surface area (Å²) in [4.78, 5) is 36.3. The molecule has 2 heterocycles. The number of aromatic nitrogens is 2. The summed E-state index contributed by atoms with van der Waals surface area (Å²) < 4.78 is 0. The molecule has 0 unspecified atom stereocenters. The predicted molar refractivity (Wildman–Crippen MR) is 88.0 cm³/mol. The van der Waals surface area contributed by atoms with Crippen molar-refractivity contribution in [2.45, 2.75) is 34.1 Å². The highest BCUT2D eigenvalue weighted by molar-refractivity contribution is 5.89. The lowest BCUT2D eigenvalue weighted by atomic mass is 9.94. The van der Waals surface area contributed by atoms with Crippen LogP contribution in [0.25, 0.3) is 0 Å². The smallest absolute Gasteiger partial charge is 0.322 e. The van der Waals surface area contributed by atoms with Crippen LogP contribution < -0.4 is 5.32 Å². The molecule has 1 fully saturated rings. The maximum Gasteiger partial charge on any atom is 0.322 e. The molecule has 1 aliphatic rings. The molecule has 0 saturated carbocycles. The maximum atomic E-state index is 12.3. The van der Waals surface area contributed by atoms with Gasteiger partial charge in [-0.1, -0.05) is 27.7 Å². The van der Waals surface area contributed by atoms with Crippen molar-refractivity contribution in [2.24, 2.45) is 5.41 Å². The van der Waals surface area contributed by atoms with E-state index in [1.54, 1.807) is 17.3 Å². The molecule has 0 bridgehead atoms. The van der Waals surface area contributed by atoms with Gasteiger partial charge in [-0.25, -0.2) is 14.8 Å². The lowest BCUT2D eigenvalue weighted by Crippen LogP contribution is -2.53. The van der Waals surface area contributed by atoms with E-state index in [2.05, 4.69) is 15.3 Å². The van der Waals surface area contributed by atoms with Gasteiger partial charge in [0.1, 0.15) is 5.82 Å². The predicted octanol–water partition coefficient (Wildman–Crippen LogP) is 1.76. The minimum atomic E-state index is -0.386. The molecule has 0 aromatic carbocycles. The van der Waals surface area contributed by atoms with Crippen molar-refractivity contribution in [1.29, 1.82) is 0 Å². The monoisotopic (exact) mass is 319 g/mol. The van der Waals surface area contributed by atoms with E-state index in [9.17, 15) is 9.59 Å². The number of urea groups is 1. The first-order chi connectivity index (χ1) is 10.8. The third-order valence-electron chi connectivity index (χ3n) is 3.77. The molecule has 1 aromatic rings. The first-order valence-corrected chi connectivity index (χ1v) is 7.97. The molecular weight excluding hydrogens is 294 g/mol. The zero-order chi connectivity index (χ0) is 17.0. The summed E-state index contributed by atoms with van der Waals surface area (Å²) in [5, 5.41) is 2.80. The highest BCUT2D eigenvalue weighted by Gasteiger charge is 2.30. The number of aryl methyl sites for hydroxylation is 1. The van der Waals surface area contributed by atoms with Gasteiger partial charge in [0.2, 0.25) is 5.91 Å². The Kier molecular flexibility index (Phi) is 5.18. The molecule has 3 amide bonds. The topological polar surface area (TPSA) is 78.4 Å². The van der Waals surface area contributed by atoms with Gasteiger partial charge >= 0.3 is 6.03 Å². The van der Waals surface area contributed by atoms with E-state index in [1.807, 2.05) is 32.6 Å². The molecule has 0 atom stereocenters. The van der Waals surface area contributed by atoms with E-state index in [0.717, 1.165) is 12.2 Å². The molecule has 1 N–H and O–H groups in total. The van der Waals surface area contributed by atoms with E-state index in [4.69, 9.17) is 0 Å². The van der Waals surface area contributed by atoms with Gasteiger partial charge in [-0.15, -0.1) is 0 Å². The van der Waals surface area contributed by atoms with Crippen molar-refractivity contribution in [3.63, 3.8) is 0 Å². The van der Waals surface area contributed by atoms with Gasteiger partial charge in [-0.2, -0.15) is 0 Å². The minimum Gasteiger partial charge on any atom is -0.339 e. The second-order valence-corrected chi connectivity index (χ2v) is 6.70. The minimum absolute atomic E-state index is 0.126. The Bertz CT molecular complexity index is 557. The number of carbonyl (C=O) groups is 2. The Morgan fingerprint density at radius 1 is 1.09 bits per heavy atom. The summed E-state index contributed by atoms with van der Waals surface area (Å²) in [6.45, 7) is 9.90. The number of amides is 3. The van der Waals surface area contributed by atoms with Crippen molar-refractivity contribution >= 4 is 17.6 Å². The Balaban J connectivity index is 1.87. The number of piperazine rings is 1. The van der Waals surface area contributed by atoms with E-state index < -0.39 is 0 Å². The van der Waals surface area contributed by atoms with E-state index in [-0.39, 0.29) is 17.4 Å². The van der Waals surface area contributed by atoms with Gasteiger partial charge < -0.3 is 15.1 Å². The largest absolute Gasteiger partial charge is 0.339 e. The number of nitrogens with zero attached hydrogens (tertiary/aromatic N) is 4. The number of hydrogen-bond acceptors (Lipinski definition) is 4. The van der Waals surface area contributed by atoms with Crippen LogP contribution in [0.4, 0.5) is 10.5 Å². The van der Waals surface area contributed by atoms with Crippen LogP contribution in [0.2, 0.25) is 0 Å². The zero-order valence-corrected chi connectivity index (χ0v) is 14.3. The molecule has 7 nitrogen and oxygen atoms in total. The Morgan fingerprint density at radius 3 is 2.09 bits per heavy atom. The average Bonchev–Trinajstić information content (AvgIpc) is 2.54. The van der Waals surface area contributed by atoms with Crippen molar-refractivity contribution in [3.8, 4) is 0 Å². The maximum absolute atomic E-state index is 12.3. The summed E-state index contributed by atoms with van der Waals surface area (Å²) in [6, 6.07) is -0.180. The number of nitrogens with one attached hydrogen (secondary N) is 1. The van der Waals surface area contributed by atoms with Gasteiger partial charge in [0.05, 0.1) is 18.1 Å². The van der Waals surface area contributed by atoms with Crippen molar-refractivity contribution in [3.05, 3.63) is 18.2 Å². The summed E-state index contributed by atoms with van der Waals surface area (Å²) in [5.74, 6) is 0.874. The fourth-order valence-electron chi connectivity index (χ4n) is 2.39. The number of rotatable bonds is 2. The number of anilines is 1. The Labute approximate surface area is 137 Å². The van der Waals surface area contributed by atoms with Gasteiger partial charge in [0.25, 0.3) is 0 Å². The van der Waals surface area contributed by atoms with Crippen LogP contribution in [-0.2, 0) is 11.2 Å². The molecule has 126 valence electrons. The zero-order valence-electron chi connectivity index (χ0n) is 14.3. The van der Waals surface area contributed by atoms with Crippen LogP contribution in [0.15, 0.2) is 12.4 Å². The number of carbonyl (C=O) groups excluding carboxylic acids is 2. The first-order valence-electron chi connectivity index (χ1n) is 7.97. The molecule has 1 saturated heterocycles. The normalized spacial score (nSPS) is 15.5. The molecule has 7 heteroatoms. The molecular formula is C16H25N5O2. The van der Waals surface area contributed by atoms with Crippen LogP contribution in [-0.4, -0.2) is 57.9 Å². The van der Waals surface area contributed by atoms with Crippen LogP contribution >= 0.6 is 0 Å². The summed E-state index contributed by atoms with van der Waals surface area (Å²) in [7, 11) is 0. The van der Waals surface area contributed by atoms with Crippen LogP contribution in [0.5, 0.6) is 0 Å². The fourth-order valence-corrected chi connectivity index (χ4v) is 2.39. The SMILES string of the molecule is CCc1ncc(NC(=O)N2CCN(C(=O)C(C)(C)C)CC2)cn1. The fraction of sp³-hybridized carbons (Fsp3) is 0.625. The van der Waals surface area contributed by atoms with Crippen LogP contribution in [0, 0.1) is 5.41 Å². The molecule has 1 aromatic heterocycles. The summed E-state index contributed by atoms with van der Waals surface area (Å²) >= 11 is 0. The lowest BCUT2D eigenvalue weighted by molar-refractivity contribution is -0.140. The van der Waals surface area contributed by atoms with Crippen LogP contribution in [0.1, 0.15) is 33.5 Å². The molecule has 0 spiro atoms. The van der Waals surface area contributed by atoms with E-state index >= 15 is 0 Å². The molecule has 23 heavy (non-hydrogen) atoms. The van der Waals surface area contributed by atoms with Gasteiger partial charge in [0.15, 0.2) is 0 Å². The van der Waals surface area contributed by atoms with Crippen molar-refractivity contribution < 1.29 is 9.59 Å². The van der Waals surface area contributed by atoms with Gasteiger partial charge in [0, 0.05) is 38.0 Å².